The Bertz CT molecular complexity index is 967. The minimum absolute atomic E-state index is 0.0765. The highest BCUT2D eigenvalue weighted by Crippen LogP contribution is 2.21. The van der Waals surface area contributed by atoms with Crippen LogP contribution in [-0.2, 0) is 6.61 Å². The zero-order valence-electron chi connectivity index (χ0n) is 17.7. The Kier molecular flexibility index (Phi) is 6.57. The van der Waals surface area contributed by atoms with Gasteiger partial charge in [0.25, 0.3) is 0 Å². The van der Waals surface area contributed by atoms with Crippen molar-refractivity contribution in [3.05, 3.63) is 84.4 Å². The lowest BCUT2D eigenvalue weighted by Crippen LogP contribution is -2.50. The van der Waals surface area contributed by atoms with Gasteiger partial charge in [0.2, 0.25) is 0 Å². The molecule has 0 aliphatic carbocycles. The van der Waals surface area contributed by atoms with Gasteiger partial charge in [0.15, 0.2) is 0 Å². The first-order valence-corrected chi connectivity index (χ1v) is 10.4. The Morgan fingerprint density at radius 2 is 1.48 bits per heavy atom. The third kappa shape index (κ3) is 5.48. The fraction of sp³-hybridized carbons (Fsp3) is 0.240. The van der Waals surface area contributed by atoms with Crippen LogP contribution >= 0.6 is 0 Å². The first-order valence-electron chi connectivity index (χ1n) is 10.4. The normalized spacial score (nSPS) is 13.6. The topological polar surface area (TPSA) is 54.0 Å². The van der Waals surface area contributed by atoms with Crippen LogP contribution < -0.4 is 19.7 Å². The molecule has 0 aromatic heterocycles. The number of benzene rings is 3. The molecule has 31 heavy (non-hydrogen) atoms. The van der Waals surface area contributed by atoms with Crippen molar-refractivity contribution in [2.45, 2.75) is 6.61 Å². The number of carbonyl (C=O) groups is 1. The average molecular weight is 418 g/mol. The van der Waals surface area contributed by atoms with Crippen LogP contribution in [0.2, 0.25) is 0 Å². The van der Waals surface area contributed by atoms with Crippen molar-refractivity contribution in [3.8, 4) is 11.5 Å². The second-order valence-electron chi connectivity index (χ2n) is 7.40. The number of amides is 2. The standard InChI is InChI=1S/C25H27N3O3/c1-30-23-13-9-22(10-14-23)27-15-17-28(18-16-27)25(29)26-21-7-11-24(12-8-21)31-19-20-5-3-2-4-6-20/h2-14H,15-19H2,1H3,(H,26,29). The number of piperazine rings is 1. The molecule has 0 atom stereocenters. The zero-order valence-corrected chi connectivity index (χ0v) is 17.7. The Hall–Kier alpha value is -3.67. The highest BCUT2D eigenvalue weighted by Gasteiger charge is 2.21. The number of urea groups is 1. The Morgan fingerprint density at radius 3 is 2.13 bits per heavy atom. The molecule has 1 aliphatic rings. The Morgan fingerprint density at radius 1 is 0.839 bits per heavy atom. The lowest BCUT2D eigenvalue weighted by molar-refractivity contribution is 0.208. The molecule has 1 fully saturated rings. The van der Waals surface area contributed by atoms with E-state index in [0.29, 0.717) is 19.7 Å². The molecule has 1 heterocycles. The third-order valence-electron chi connectivity index (χ3n) is 5.36. The van der Waals surface area contributed by atoms with Gasteiger partial charge < -0.3 is 24.6 Å². The van der Waals surface area contributed by atoms with Crippen LogP contribution in [0.15, 0.2) is 78.9 Å². The van der Waals surface area contributed by atoms with Crippen molar-refractivity contribution < 1.29 is 14.3 Å². The number of nitrogens with zero attached hydrogens (tertiary/aromatic N) is 2. The fourth-order valence-corrected chi connectivity index (χ4v) is 3.54. The SMILES string of the molecule is COc1ccc(N2CCN(C(=O)Nc3ccc(OCc4ccccc4)cc3)CC2)cc1. The van der Waals surface area contributed by atoms with Gasteiger partial charge in [-0.05, 0) is 54.1 Å². The second kappa shape index (κ2) is 9.89. The molecule has 0 saturated carbocycles. The molecule has 3 aromatic carbocycles. The van der Waals surface area contributed by atoms with Gasteiger partial charge in [0, 0.05) is 37.6 Å². The number of rotatable bonds is 6. The van der Waals surface area contributed by atoms with E-state index in [0.717, 1.165) is 41.5 Å². The number of methoxy groups -OCH3 is 1. The summed E-state index contributed by atoms with van der Waals surface area (Å²) in [7, 11) is 1.66. The molecule has 1 saturated heterocycles. The van der Waals surface area contributed by atoms with Gasteiger partial charge in [0.1, 0.15) is 18.1 Å². The molecule has 160 valence electrons. The van der Waals surface area contributed by atoms with Crippen molar-refractivity contribution in [3.63, 3.8) is 0 Å². The summed E-state index contributed by atoms with van der Waals surface area (Å²) in [6.45, 7) is 3.47. The van der Waals surface area contributed by atoms with Crippen molar-refractivity contribution in [1.29, 1.82) is 0 Å². The van der Waals surface area contributed by atoms with E-state index in [-0.39, 0.29) is 6.03 Å². The number of ether oxygens (including phenoxy) is 2. The van der Waals surface area contributed by atoms with Crippen LogP contribution in [0, 0.1) is 0 Å². The lowest BCUT2D eigenvalue weighted by atomic mass is 10.2. The molecule has 1 N–H and O–H groups in total. The first-order chi connectivity index (χ1) is 15.2. The number of hydrogen-bond donors (Lipinski definition) is 1. The molecule has 6 heteroatoms. The quantitative estimate of drug-likeness (QED) is 0.635. The average Bonchev–Trinajstić information content (AvgIpc) is 2.84. The molecule has 0 unspecified atom stereocenters. The summed E-state index contributed by atoms with van der Waals surface area (Å²) in [6, 6.07) is 25.5. The van der Waals surface area contributed by atoms with Crippen LogP contribution in [-0.4, -0.2) is 44.2 Å². The van der Waals surface area contributed by atoms with Crippen molar-refractivity contribution in [1.82, 2.24) is 4.90 Å². The Labute approximate surface area is 183 Å². The largest absolute Gasteiger partial charge is 0.497 e. The van der Waals surface area contributed by atoms with Crippen LogP contribution in [0.25, 0.3) is 0 Å². The minimum Gasteiger partial charge on any atom is -0.497 e. The summed E-state index contributed by atoms with van der Waals surface area (Å²) in [6.07, 6.45) is 0. The molecule has 0 bridgehead atoms. The minimum atomic E-state index is -0.0765. The van der Waals surface area contributed by atoms with Crippen molar-refractivity contribution in [2.24, 2.45) is 0 Å². The maximum absolute atomic E-state index is 12.6. The van der Waals surface area contributed by atoms with Gasteiger partial charge in [0.05, 0.1) is 7.11 Å². The highest BCUT2D eigenvalue weighted by atomic mass is 16.5. The van der Waals surface area contributed by atoms with Gasteiger partial charge in [-0.2, -0.15) is 0 Å². The monoisotopic (exact) mass is 417 g/mol. The summed E-state index contributed by atoms with van der Waals surface area (Å²) in [5.41, 5.74) is 3.02. The predicted octanol–water partition coefficient (Wildman–Crippen LogP) is 4.63. The van der Waals surface area contributed by atoms with E-state index in [2.05, 4.69) is 22.3 Å². The number of anilines is 2. The van der Waals surface area contributed by atoms with Crippen LogP contribution in [0.5, 0.6) is 11.5 Å². The molecule has 4 rings (SSSR count). The summed E-state index contributed by atoms with van der Waals surface area (Å²) < 4.78 is 11.0. The van der Waals surface area contributed by atoms with Crippen LogP contribution in [0.4, 0.5) is 16.2 Å². The maximum atomic E-state index is 12.6. The summed E-state index contributed by atoms with van der Waals surface area (Å²) in [4.78, 5) is 16.8. The van der Waals surface area contributed by atoms with Gasteiger partial charge in [-0.25, -0.2) is 4.79 Å². The molecule has 3 aromatic rings. The molecule has 0 radical (unpaired) electrons. The smallest absolute Gasteiger partial charge is 0.321 e. The number of hydrogen-bond acceptors (Lipinski definition) is 4. The number of carbonyl (C=O) groups excluding carboxylic acids is 1. The zero-order chi connectivity index (χ0) is 21.5. The summed E-state index contributed by atoms with van der Waals surface area (Å²) >= 11 is 0. The first kappa shape index (κ1) is 20.6. The van der Waals surface area contributed by atoms with E-state index in [1.165, 1.54) is 0 Å². The van der Waals surface area contributed by atoms with Gasteiger partial charge >= 0.3 is 6.03 Å². The second-order valence-corrected chi connectivity index (χ2v) is 7.40. The van der Waals surface area contributed by atoms with Gasteiger partial charge in [-0.1, -0.05) is 30.3 Å². The van der Waals surface area contributed by atoms with Gasteiger partial charge in [-0.15, -0.1) is 0 Å². The molecule has 1 aliphatic heterocycles. The van der Waals surface area contributed by atoms with Crippen LogP contribution in [0.3, 0.4) is 0 Å². The Balaban J connectivity index is 1.25. The van der Waals surface area contributed by atoms with E-state index in [1.54, 1.807) is 7.11 Å². The lowest BCUT2D eigenvalue weighted by Gasteiger charge is -2.36. The molecular weight excluding hydrogens is 390 g/mol. The van der Waals surface area contributed by atoms with Crippen molar-refractivity contribution in [2.75, 3.05) is 43.5 Å². The molecule has 6 nitrogen and oxygen atoms in total. The molecular formula is C25H27N3O3. The van der Waals surface area contributed by atoms with Crippen LogP contribution in [0.1, 0.15) is 5.56 Å². The van der Waals surface area contributed by atoms with Crippen molar-refractivity contribution >= 4 is 17.4 Å². The van der Waals surface area contributed by atoms with E-state index < -0.39 is 0 Å². The number of nitrogens with one attached hydrogen (secondary N) is 1. The fourth-order valence-electron chi connectivity index (χ4n) is 3.54. The highest BCUT2D eigenvalue weighted by molar-refractivity contribution is 5.89. The van der Waals surface area contributed by atoms with Gasteiger partial charge in [-0.3, -0.25) is 0 Å². The summed E-state index contributed by atoms with van der Waals surface area (Å²) in [5.74, 6) is 1.62. The van der Waals surface area contributed by atoms with E-state index in [9.17, 15) is 4.79 Å². The predicted molar refractivity (Wildman–Crippen MR) is 123 cm³/mol. The molecule has 0 spiro atoms. The molecule has 2 amide bonds. The summed E-state index contributed by atoms with van der Waals surface area (Å²) in [5, 5.41) is 2.98. The third-order valence-corrected chi connectivity index (χ3v) is 5.36. The van der Waals surface area contributed by atoms with E-state index in [4.69, 9.17) is 9.47 Å². The van der Waals surface area contributed by atoms with E-state index in [1.807, 2.05) is 71.6 Å². The van der Waals surface area contributed by atoms with E-state index >= 15 is 0 Å². The maximum Gasteiger partial charge on any atom is 0.321 e.